The van der Waals surface area contributed by atoms with Crippen molar-refractivity contribution in [1.29, 1.82) is 0 Å². The molecule has 1 amide bonds. The van der Waals surface area contributed by atoms with Crippen LogP contribution in [0.3, 0.4) is 0 Å². The molecular formula is C14H12BrNO4. The number of aryl methyl sites for hydroxylation is 1. The molecule has 1 aromatic heterocycles. The van der Waals surface area contributed by atoms with E-state index in [2.05, 4.69) is 21.2 Å². The Kier molecular flexibility index (Phi) is 3.94. The number of rotatable bonds is 3. The number of aromatic carboxylic acids is 1. The molecule has 0 fully saturated rings. The van der Waals surface area contributed by atoms with Gasteiger partial charge < -0.3 is 14.8 Å². The lowest BCUT2D eigenvalue weighted by atomic mass is 10.0. The second-order valence-electron chi connectivity index (χ2n) is 4.33. The summed E-state index contributed by atoms with van der Waals surface area (Å²) in [7, 11) is 0. The highest BCUT2D eigenvalue weighted by molar-refractivity contribution is 9.10. The summed E-state index contributed by atoms with van der Waals surface area (Å²) >= 11 is 3.11. The minimum Gasteiger partial charge on any atom is -0.478 e. The molecule has 6 heteroatoms. The van der Waals surface area contributed by atoms with Crippen molar-refractivity contribution in [2.24, 2.45) is 0 Å². The molecule has 0 saturated heterocycles. The van der Waals surface area contributed by atoms with E-state index in [0.29, 0.717) is 15.9 Å². The zero-order chi connectivity index (χ0) is 14.9. The van der Waals surface area contributed by atoms with Crippen molar-refractivity contribution in [2.45, 2.75) is 13.8 Å². The third-order valence-electron chi connectivity index (χ3n) is 2.95. The molecule has 104 valence electrons. The second-order valence-corrected chi connectivity index (χ2v) is 5.11. The Morgan fingerprint density at radius 2 is 1.95 bits per heavy atom. The van der Waals surface area contributed by atoms with Crippen LogP contribution in [-0.2, 0) is 0 Å². The van der Waals surface area contributed by atoms with Crippen LogP contribution in [-0.4, -0.2) is 17.0 Å². The van der Waals surface area contributed by atoms with E-state index in [0.717, 1.165) is 5.56 Å². The molecule has 2 aromatic rings. The first-order chi connectivity index (χ1) is 9.38. The fourth-order valence-electron chi connectivity index (χ4n) is 1.78. The number of amides is 1. The molecule has 2 rings (SSSR count). The first-order valence-electron chi connectivity index (χ1n) is 5.79. The lowest BCUT2D eigenvalue weighted by Crippen LogP contribution is -2.12. The molecule has 0 aliphatic heterocycles. The summed E-state index contributed by atoms with van der Waals surface area (Å²) < 4.78 is 5.59. The van der Waals surface area contributed by atoms with Gasteiger partial charge in [0.15, 0.2) is 10.4 Å². The smallest absolute Gasteiger partial charge is 0.336 e. The van der Waals surface area contributed by atoms with Gasteiger partial charge in [0.2, 0.25) is 0 Å². The molecular weight excluding hydrogens is 326 g/mol. The monoisotopic (exact) mass is 337 g/mol. The van der Waals surface area contributed by atoms with Crippen LogP contribution in [0.5, 0.6) is 0 Å². The summed E-state index contributed by atoms with van der Waals surface area (Å²) in [6.45, 7) is 3.52. The van der Waals surface area contributed by atoms with Gasteiger partial charge in [0, 0.05) is 5.69 Å². The van der Waals surface area contributed by atoms with Gasteiger partial charge in [-0.25, -0.2) is 4.79 Å². The zero-order valence-corrected chi connectivity index (χ0v) is 12.4. The lowest BCUT2D eigenvalue weighted by molar-refractivity contribution is 0.0695. The fourth-order valence-corrected chi connectivity index (χ4v) is 2.09. The Balaban J connectivity index is 2.30. The highest BCUT2D eigenvalue weighted by atomic mass is 79.9. The van der Waals surface area contributed by atoms with Gasteiger partial charge >= 0.3 is 5.97 Å². The molecule has 0 radical (unpaired) electrons. The standard InChI is InChI=1S/C14H12BrNO4/c1-7-5-9(6-10(8(7)2)14(18)19)16-13(17)11-3-4-12(15)20-11/h3-6H,1-2H3,(H,16,17)(H,18,19). The van der Waals surface area contributed by atoms with E-state index < -0.39 is 11.9 Å². The summed E-state index contributed by atoms with van der Waals surface area (Å²) in [5, 5.41) is 11.7. The molecule has 0 atom stereocenters. The first-order valence-corrected chi connectivity index (χ1v) is 6.59. The maximum absolute atomic E-state index is 11.9. The van der Waals surface area contributed by atoms with Crippen LogP contribution in [0.4, 0.5) is 5.69 Å². The van der Waals surface area contributed by atoms with E-state index in [9.17, 15) is 9.59 Å². The van der Waals surface area contributed by atoms with Crippen molar-refractivity contribution in [3.05, 3.63) is 51.4 Å². The number of hydrogen-bond donors (Lipinski definition) is 2. The van der Waals surface area contributed by atoms with Gasteiger partial charge in [0.05, 0.1) is 5.56 Å². The average Bonchev–Trinajstić information content (AvgIpc) is 2.80. The molecule has 5 nitrogen and oxygen atoms in total. The van der Waals surface area contributed by atoms with Crippen molar-refractivity contribution in [3.8, 4) is 0 Å². The van der Waals surface area contributed by atoms with E-state index in [1.54, 1.807) is 26.0 Å². The predicted octanol–water partition coefficient (Wildman–Crippen LogP) is 3.61. The Labute approximate surface area is 123 Å². The van der Waals surface area contributed by atoms with E-state index in [-0.39, 0.29) is 11.3 Å². The Morgan fingerprint density at radius 1 is 1.25 bits per heavy atom. The molecule has 0 bridgehead atoms. The van der Waals surface area contributed by atoms with Crippen LogP contribution >= 0.6 is 15.9 Å². The van der Waals surface area contributed by atoms with E-state index >= 15 is 0 Å². The number of benzene rings is 1. The number of nitrogens with one attached hydrogen (secondary N) is 1. The number of carboxylic acids is 1. The third kappa shape index (κ3) is 2.91. The third-order valence-corrected chi connectivity index (χ3v) is 3.38. The topological polar surface area (TPSA) is 79.5 Å². The van der Waals surface area contributed by atoms with Crippen LogP contribution in [0.15, 0.2) is 33.4 Å². The number of carbonyl (C=O) groups is 2. The summed E-state index contributed by atoms with van der Waals surface area (Å²) in [5.74, 6) is -1.32. The van der Waals surface area contributed by atoms with E-state index in [1.807, 2.05) is 0 Å². The van der Waals surface area contributed by atoms with Crippen LogP contribution in [0.2, 0.25) is 0 Å². The number of carbonyl (C=O) groups excluding carboxylic acids is 1. The van der Waals surface area contributed by atoms with Gasteiger partial charge in [-0.3, -0.25) is 4.79 Å². The summed E-state index contributed by atoms with van der Waals surface area (Å²) in [5.41, 5.74) is 2.06. The maximum Gasteiger partial charge on any atom is 0.336 e. The highest BCUT2D eigenvalue weighted by Crippen LogP contribution is 2.21. The van der Waals surface area contributed by atoms with Crippen molar-refractivity contribution in [1.82, 2.24) is 0 Å². The van der Waals surface area contributed by atoms with Gasteiger partial charge in [-0.1, -0.05) is 0 Å². The largest absolute Gasteiger partial charge is 0.478 e. The number of hydrogen-bond acceptors (Lipinski definition) is 3. The Bertz CT molecular complexity index is 690. The average molecular weight is 338 g/mol. The number of furan rings is 1. The lowest BCUT2D eigenvalue weighted by Gasteiger charge is -2.09. The van der Waals surface area contributed by atoms with E-state index in [4.69, 9.17) is 9.52 Å². The fraction of sp³-hybridized carbons (Fsp3) is 0.143. The molecule has 1 heterocycles. The molecule has 1 aromatic carbocycles. The quantitative estimate of drug-likeness (QED) is 0.896. The van der Waals surface area contributed by atoms with Crippen LogP contribution in [0, 0.1) is 13.8 Å². The molecule has 0 saturated carbocycles. The minimum absolute atomic E-state index is 0.145. The van der Waals surface area contributed by atoms with Crippen molar-refractivity contribution in [3.63, 3.8) is 0 Å². The normalized spacial score (nSPS) is 10.3. The van der Waals surface area contributed by atoms with Gasteiger partial charge in [-0.2, -0.15) is 0 Å². The van der Waals surface area contributed by atoms with Gasteiger partial charge in [-0.05, 0) is 65.2 Å². The Hall–Kier alpha value is -2.08. The van der Waals surface area contributed by atoms with Gasteiger partial charge in [0.1, 0.15) is 0 Å². The number of halogens is 1. The van der Waals surface area contributed by atoms with Gasteiger partial charge in [-0.15, -0.1) is 0 Å². The Morgan fingerprint density at radius 3 is 2.50 bits per heavy atom. The van der Waals surface area contributed by atoms with Crippen molar-refractivity contribution >= 4 is 33.5 Å². The van der Waals surface area contributed by atoms with Crippen molar-refractivity contribution < 1.29 is 19.1 Å². The van der Waals surface area contributed by atoms with Gasteiger partial charge in [0.25, 0.3) is 5.91 Å². The summed E-state index contributed by atoms with van der Waals surface area (Å²) in [6, 6.07) is 6.29. The molecule has 20 heavy (non-hydrogen) atoms. The SMILES string of the molecule is Cc1cc(NC(=O)c2ccc(Br)o2)cc(C(=O)O)c1C. The molecule has 0 unspecified atom stereocenters. The van der Waals surface area contributed by atoms with E-state index in [1.165, 1.54) is 12.1 Å². The van der Waals surface area contributed by atoms with Crippen LogP contribution in [0.1, 0.15) is 32.0 Å². The first kappa shape index (κ1) is 14.3. The molecule has 0 spiro atoms. The highest BCUT2D eigenvalue weighted by Gasteiger charge is 2.14. The maximum atomic E-state index is 11.9. The van der Waals surface area contributed by atoms with Crippen LogP contribution < -0.4 is 5.32 Å². The predicted molar refractivity (Wildman–Crippen MR) is 77.2 cm³/mol. The van der Waals surface area contributed by atoms with Crippen molar-refractivity contribution in [2.75, 3.05) is 5.32 Å². The number of anilines is 1. The number of carboxylic acid groups (broad SMARTS) is 1. The molecule has 0 aliphatic carbocycles. The summed E-state index contributed by atoms with van der Waals surface area (Å²) in [6.07, 6.45) is 0. The summed E-state index contributed by atoms with van der Waals surface area (Å²) in [4.78, 5) is 23.1. The minimum atomic E-state index is -1.03. The molecule has 0 aliphatic rings. The molecule has 2 N–H and O–H groups in total. The zero-order valence-electron chi connectivity index (χ0n) is 10.9. The van der Waals surface area contributed by atoms with Crippen LogP contribution in [0.25, 0.3) is 0 Å². The second kappa shape index (κ2) is 5.50.